The number of fused-ring (bicyclic) bond motifs is 9. The van der Waals surface area contributed by atoms with E-state index in [1.165, 1.54) is 63.7 Å². The topological polar surface area (TPSA) is 33.6 Å². The Morgan fingerprint density at radius 3 is 2.28 bits per heavy atom. The number of nitrogens with one attached hydrogen (secondary N) is 1. The van der Waals surface area contributed by atoms with Crippen LogP contribution in [0.25, 0.3) is 91.1 Å². The minimum Gasteiger partial charge on any atom is -0.354 e. The molecule has 0 spiro atoms. The molecule has 1 N–H and O–H groups in total. The molecule has 4 heterocycles. The molecule has 0 bridgehead atoms. The number of nitrogens with zero attached hydrogens (tertiary/aromatic N) is 2. The summed E-state index contributed by atoms with van der Waals surface area (Å²) in [6.07, 6.45) is 1.91. The van der Waals surface area contributed by atoms with E-state index in [0.717, 1.165) is 27.5 Å². The molecule has 0 saturated carbocycles. The lowest BCUT2D eigenvalue weighted by atomic mass is 9.93. The Morgan fingerprint density at radius 1 is 0.538 bits per heavy atom. The third kappa shape index (κ3) is 2.41. The maximum atomic E-state index is 4.90. The van der Waals surface area contributed by atoms with Crippen LogP contribution >= 0.6 is 11.3 Å². The number of H-pyrrole nitrogens is 1. The molecular weight excluding hydrogens is 494 g/mol. The van der Waals surface area contributed by atoms with E-state index in [1.807, 2.05) is 17.5 Å². The Bertz CT molecular complexity index is 2610. The average molecular weight is 514 g/mol. The molecule has 10 rings (SSSR count). The average Bonchev–Trinajstić information content (AvgIpc) is 3.65. The van der Waals surface area contributed by atoms with Crippen LogP contribution in [0.5, 0.6) is 0 Å². The number of thiophene rings is 1. The largest absolute Gasteiger partial charge is 0.354 e. The number of hydrogen-bond donors (Lipinski definition) is 1. The van der Waals surface area contributed by atoms with Crippen LogP contribution in [-0.2, 0) is 0 Å². The van der Waals surface area contributed by atoms with Gasteiger partial charge in [-0.3, -0.25) is 4.98 Å². The summed E-state index contributed by atoms with van der Waals surface area (Å²) in [5.41, 5.74) is 6.84. The van der Waals surface area contributed by atoms with Crippen molar-refractivity contribution in [3.63, 3.8) is 0 Å². The van der Waals surface area contributed by atoms with E-state index in [0.29, 0.717) is 0 Å². The highest BCUT2D eigenvalue weighted by Gasteiger charge is 2.22. The van der Waals surface area contributed by atoms with E-state index in [1.54, 1.807) is 0 Å². The fraction of sp³-hybridized carbons (Fsp3) is 0. The molecule has 3 nitrogen and oxygen atoms in total. The van der Waals surface area contributed by atoms with Crippen molar-refractivity contribution in [2.75, 3.05) is 0 Å². The summed E-state index contributed by atoms with van der Waals surface area (Å²) < 4.78 is 5.13. The summed E-state index contributed by atoms with van der Waals surface area (Å²) in [7, 11) is 0. The second kappa shape index (κ2) is 6.93. The zero-order valence-corrected chi connectivity index (χ0v) is 21.5. The number of hydrogen-bond acceptors (Lipinski definition) is 2. The van der Waals surface area contributed by atoms with Gasteiger partial charge < -0.3 is 9.55 Å². The molecule has 0 aliphatic heterocycles. The normalized spacial score (nSPS) is 12.6. The fourth-order valence-corrected chi connectivity index (χ4v) is 8.09. The Balaban J connectivity index is 1.47. The first kappa shape index (κ1) is 20.1. The first-order valence-electron chi connectivity index (χ1n) is 13.2. The van der Waals surface area contributed by atoms with Gasteiger partial charge in [-0.2, -0.15) is 0 Å². The van der Waals surface area contributed by atoms with Crippen molar-refractivity contribution < 1.29 is 0 Å². The van der Waals surface area contributed by atoms with Crippen molar-refractivity contribution in [2.45, 2.75) is 0 Å². The molecule has 39 heavy (non-hydrogen) atoms. The molecule has 0 saturated heterocycles. The predicted molar refractivity (Wildman–Crippen MR) is 167 cm³/mol. The highest BCUT2D eigenvalue weighted by Crippen LogP contribution is 2.48. The molecule has 6 aromatic carbocycles. The van der Waals surface area contributed by atoms with Crippen LogP contribution in [-0.4, -0.2) is 14.5 Å². The second-order valence-corrected chi connectivity index (χ2v) is 11.5. The number of aromatic amines is 1. The van der Waals surface area contributed by atoms with Gasteiger partial charge in [-0.05, 0) is 64.7 Å². The number of rotatable bonds is 1. The van der Waals surface area contributed by atoms with Gasteiger partial charge in [0.15, 0.2) is 0 Å². The van der Waals surface area contributed by atoms with Crippen LogP contribution in [0.2, 0.25) is 0 Å². The SMILES string of the molecule is c1ccc2c(c1)[nH]c1cc3c4ncccc4n(-c4ccc5sc6cccc7c8ccccc8c4c5c67)c3cc12. The lowest BCUT2D eigenvalue weighted by Gasteiger charge is -2.15. The van der Waals surface area contributed by atoms with Crippen molar-refractivity contribution in [1.29, 1.82) is 0 Å². The maximum Gasteiger partial charge on any atom is 0.0964 e. The zero-order valence-electron chi connectivity index (χ0n) is 20.7. The van der Waals surface area contributed by atoms with Crippen molar-refractivity contribution in [3.8, 4) is 5.69 Å². The van der Waals surface area contributed by atoms with Crippen LogP contribution in [0, 0.1) is 0 Å². The number of aromatic nitrogens is 3. The Labute approximate surface area is 225 Å². The predicted octanol–water partition coefficient (Wildman–Crippen LogP) is 9.93. The molecule has 0 amide bonds. The first-order chi connectivity index (χ1) is 19.3. The Kier molecular flexibility index (Phi) is 3.57. The minimum atomic E-state index is 1.03. The summed E-state index contributed by atoms with van der Waals surface area (Å²) >= 11 is 1.89. The molecule has 180 valence electrons. The third-order valence-corrected chi connectivity index (χ3v) is 9.63. The molecular formula is C35H19N3S. The van der Waals surface area contributed by atoms with Gasteiger partial charge >= 0.3 is 0 Å². The molecule has 0 radical (unpaired) electrons. The zero-order chi connectivity index (χ0) is 25.2. The second-order valence-electron chi connectivity index (χ2n) is 10.5. The highest BCUT2D eigenvalue weighted by molar-refractivity contribution is 7.26. The molecule has 0 unspecified atom stereocenters. The molecule has 0 aliphatic rings. The number of benzene rings is 6. The third-order valence-electron chi connectivity index (χ3n) is 8.51. The van der Waals surface area contributed by atoms with Gasteiger partial charge in [-0.15, -0.1) is 11.3 Å². The molecule has 0 atom stereocenters. The Morgan fingerprint density at radius 2 is 1.33 bits per heavy atom. The number of para-hydroxylation sites is 1. The van der Waals surface area contributed by atoms with Crippen LogP contribution in [0.1, 0.15) is 0 Å². The number of pyridine rings is 1. The van der Waals surface area contributed by atoms with Crippen molar-refractivity contribution in [3.05, 3.63) is 109 Å². The van der Waals surface area contributed by atoms with Crippen LogP contribution in [0.3, 0.4) is 0 Å². The van der Waals surface area contributed by atoms with Gasteiger partial charge in [0.25, 0.3) is 0 Å². The molecule has 4 heteroatoms. The summed E-state index contributed by atoms with van der Waals surface area (Å²) in [5, 5.41) is 11.6. The summed E-state index contributed by atoms with van der Waals surface area (Å²) in [6, 6.07) is 37.7. The van der Waals surface area contributed by atoms with E-state index in [-0.39, 0.29) is 0 Å². The van der Waals surface area contributed by atoms with Crippen LogP contribution in [0.15, 0.2) is 109 Å². The van der Waals surface area contributed by atoms with Gasteiger partial charge in [0, 0.05) is 58.9 Å². The Hall–Kier alpha value is -4.93. The summed E-state index contributed by atoms with van der Waals surface area (Å²) in [6.45, 7) is 0. The van der Waals surface area contributed by atoms with E-state index >= 15 is 0 Å². The van der Waals surface area contributed by atoms with Gasteiger partial charge in [0.05, 0.1) is 22.2 Å². The first-order valence-corrected chi connectivity index (χ1v) is 14.0. The quantitative estimate of drug-likeness (QED) is 0.218. The maximum absolute atomic E-state index is 4.90. The molecule has 4 aromatic heterocycles. The van der Waals surface area contributed by atoms with E-state index in [9.17, 15) is 0 Å². The van der Waals surface area contributed by atoms with Gasteiger partial charge in [0.1, 0.15) is 0 Å². The fourth-order valence-electron chi connectivity index (χ4n) is 6.95. The van der Waals surface area contributed by atoms with E-state index < -0.39 is 0 Å². The van der Waals surface area contributed by atoms with E-state index in [2.05, 4.69) is 113 Å². The van der Waals surface area contributed by atoms with Gasteiger partial charge in [-0.25, -0.2) is 0 Å². The van der Waals surface area contributed by atoms with E-state index in [4.69, 9.17) is 4.98 Å². The van der Waals surface area contributed by atoms with Crippen molar-refractivity contribution in [2.24, 2.45) is 0 Å². The molecule has 10 aromatic rings. The van der Waals surface area contributed by atoms with Gasteiger partial charge in [0.2, 0.25) is 0 Å². The van der Waals surface area contributed by atoms with Crippen LogP contribution in [0.4, 0.5) is 0 Å². The monoisotopic (exact) mass is 513 g/mol. The lowest BCUT2D eigenvalue weighted by Crippen LogP contribution is -1.96. The lowest BCUT2D eigenvalue weighted by molar-refractivity contribution is 1.20. The molecule has 0 fully saturated rings. The summed E-state index contributed by atoms with van der Waals surface area (Å²) in [4.78, 5) is 8.53. The van der Waals surface area contributed by atoms with Crippen molar-refractivity contribution >= 4 is 96.8 Å². The highest BCUT2D eigenvalue weighted by atomic mass is 32.1. The summed E-state index contributed by atoms with van der Waals surface area (Å²) in [5.74, 6) is 0. The standard InChI is InChI=1S/C35H19N3S/c1-2-9-21-19(7-1)22-10-5-13-30-33(22)34-31(39-30)15-14-27(32(21)34)38-28-12-6-16-36-35(28)24-17-26-23(18-29(24)38)20-8-3-4-11-25(20)37-26/h1-18,37H. The van der Waals surface area contributed by atoms with Gasteiger partial charge in [-0.1, -0.05) is 54.6 Å². The smallest absolute Gasteiger partial charge is 0.0964 e. The van der Waals surface area contributed by atoms with Crippen molar-refractivity contribution in [1.82, 2.24) is 14.5 Å². The molecule has 0 aliphatic carbocycles. The van der Waals surface area contributed by atoms with Crippen LogP contribution < -0.4 is 0 Å². The minimum absolute atomic E-state index is 1.03.